The van der Waals surface area contributed by atoms with Crippen LogP contribution < -0.4 is 9.47 Å². The summed E-state index contributed by atoms with van der Waals surface area (Å²) in [5, 5.41) is 10.0. The van der Waals surface area contributed by atoms with Crippen LogP contribution in [-0.4, -0.2) is 18.8 Å². The van der Waals surface area contributed by atoms with Crippen LogP contribution in [0.1, 0.15) is 17.2 Å². The van der Waals surface area contributed by atoms with Crippen molar-refractivity contribution in [3.63, 3.8) is 0 Å². The van der Waals surface area contributed by atoms with Crippen LogP contribution >= 0.6 is 0 Å². The van der Waals surface area contributed by atoms with Crippen LogP contribution in [0.15, 0.2) is 42.5 Å². The van der Waals surface area contributed by atoms with E-state index in [1.807, 2.05) is 31.2 Å². The lowest BCUT2D eigenvalue weighted by atomic mass is 10.1. The molecule has 1 N–H and O–H groups in total. The number of aliphatic hydroxyl groups is 1. The standard InChI is InChI=1S/C16H17FO3/c1-11-6-8-12(9-7-11)14(18)10-20-16-13(17)4-3-5-15(16)19-2/h3-9,14,18H,10H2,1-2H3. The number of halogens is 1. The predicted molar refractivity (Wildman–Crippen MR) is 74.6 cm³/mol. The largest absolute Gasteiger partial charge is 0.493 e. The number of hydrogen-bond donors (Lipinski definition) is 1. The number of aliphatic hydroxyl groups excluding tert-OH is 1. The van der Waals surface area contributed by atoms with E-state index in [0.29, 0.717) is 5.75 Å². The van der Waals surface area contributed by atoms with Gasteiger partial charge in [-0.05, 0) is 24.6 Å². The summed E-state index contributed by atoms with van der Waals surface area (Å²) in [5.41, 5.74) is 1.84. The molecule has 0 aliphatic heterocycles. The maximum atomic E-state index is 13.7. The van der Waals surface area contributed by atoms with Gasteiger partial charge in [-0.15, -0.1) is 0 Å². The van der Waals surface area contributed by atoms with Crippen molar-refractivity contribution < 1.29 is 19.0 Å². The van der Waals surface area contributed by atoms with Gasteiger partial charge in [0.05, 0.1) is 7.11 Å². The molecule has 0 radical (unpaired) electrons. The molecule has 20 heavy (non-hydrogen) atoms. The minimum atomic E-state index is -0.820. The van der Waals surface area contributed by atoms with Gasteiger partial charge in [-0.2, -0.15) is 0 Å². The topological polar surface area (TPSA) is 38.7 Å². The molecule has 4 heteroatoms. The highest BCUT2D eigenvalue weighted by Gasteiger charge is 2.14. The predicted octanol–water partition coefficient (Wildman–Crippen LogP) is 3.26. The Labute approximate surface area is 117 Å². The van der Waals surface area contributed by atoms with E-state index in [1.54, 1.807) is 6.07 Å². The molecule has 0 spiro atoms. The van der Waals surface area contributed by atoms with Gasteiger partial charge in [-0.3, -0.25) is 0 Å². The van der Waals surface area contributed by atoms with Gasteiger partial charge in [0.25, 0.3) is 0 Å². The maximum absolute atomic E-state index is 13.7. The molecule has 0 saturated carbocycles. The van der Waals surface area contributed by atoms with Crippen molar-refractivity contribution in [2.75, 3.05) is 13.7 Å². The molecule has 0 aromatic heterocycles. The van der Waals surface area contributed by atoms with E-state index in [0.717, 1.165) is 11.1 Å². The third-order valence-electron chi connectivity index (χ3n) is 3.00. The molecule has 2 rings (SSSR count). The van der Waals surface area contributed by atoms with E-state index in [-0.39, 0.29) is 12.4 Å². The van der Waals surface area contributed by atoms with Gasteiger partial charge < -0.3 is 14.6 Å². The fraction of sp³-hybridized carbons (Fsp3) is 0.250. The van der Waals surface area contributed by atoms with E-state index >= 15 is 0 Å². The smallest absolute Gasteiger partial charge is 0.197 e. The third kappa shape index (κ3) is 3.27. The van der Waals surface area contributed by atoms with Gasteiger partial charge in [0.2, 0.25) is 0 Å². The summed E-state index contributed by atoms with van der Waals surface area (Å²) in [4.78, 5) is 0. The van der Waals surface area contributed by atoms with Crippen LogP contribution in [0.2, 0.25) is 0 Å². The minimum Gasteiger partial charge on any atom is -0.493 e. The van der Waals surface area contributed by atoms with E-state index in [2.05, 4.69) is 0 Å². The van der Waals surface area contributed by atoms with E-state index in [4.69, 9.17) is 9.47 Å². The first kappa shape index (κ1) is 14.3. The molecule has 0 saturated heterocycles. The normalized spacial score (nSPS) is 12.0. The Balaban J connectivity index is 2.07. The van der Waals surface area contributed by atoms with Crippen LogP contribution in [0.25, 0.3) is 0 Å². The number of benzene rings is 2. The van der Waals surface area contributed by atoms with Gasteiger partial charge in [-0.1, -0.05) is 35.9 Å². The first-order valence-electron chi connectivity index (χ1n) is 6.31. The van der Waals surface area contributed by atoms with Gasteiger partial charge >= 0.3 is 0 Å². The number of hydrogen-bond acceptors (Lipinski definition) is 3. The van der Waals surface area contributed by atoms with Gasteiger partial charge in [0.15, 0.2) is 17.3 Å². The van der Waals surface area contributed by atoms with Crippen molar-refractivity contribution in [1.29, 1.82) is 0 Å². The lowest BCUT2D eigenvalue weighted by Crippen LogP contribution is -2.11. The lowest BCUT2D eigenvalue weighted by molar-refractivity contribution is 0.104. The fourth-order valence-electron chi connectivity index (χ4n) is 1.84. The molecule has 0 heterocycles. The van der Waals surface area contributed by atoms with Crippen molar-refractivity contribution >= 4 is 0 Å². The Morgan fingerprint density at radius 2 is 1.85 bits per heavy atom. The second-order valence-corrected chi connectivity index (χ2v) is 4.51. The summed E-state index contributed by atoms with van der Waals surface area (Å²) in [6, 6.07) is 11.9. The molecule has 0 bridgehead atoms. The molecule has 1 unspecified atom stereocenters. The Bertz CT molecular complexity index is 566. The van der Waals surface area contributed by atoms with Gasteiger partial charge in [0.1, 0.15) is 12.7 Å². The first-order chi connectivity index (χ1) is 9.61. The van der Waals surface area contributed by atoms with Crippen molar-refractivity contribution in [3.8, 4) is 11.5 Å². The average Bonchev–Trinajstić information content (AvgIpc) is 2.46. The van der Waals surface area contributed by atoms with E-state index in [1.165, 1.54) is 19.2 Å². The van der Waals surface area contributed by atoms with E-state index in [9.17, 15) is 9.50 Å². The van der Waals surface area contributed by atoms with Crippen LogP contribution in [0.3, 0.4) is 0 Å². The number of aryl methyl sites for hydroxylation is 1. The molecule has 0 amide bonds. The van der Waals surface area contributed by atoms with Crippen molar-refractivity contribution in [2.24, 2.45) is 0 Å². The zero-order valence-electron chi connectivity index (χ0n) is 11.5. The molecule has 1 atom stereocenters. The van der Waals surface area contributed by atoms with Crippen molar-refractivity contribution in [3.05, 3.63) is 59.4 Å². The van der Waals surface area contributed by atoms with Crippen molar-refractivity contribution in [2.45, 2.75) is 13.0 Å². The summed E-state index contributed by atoms with van der Waals surface area (Å²) in [7, 11) is 1.44. The second-order valence-electron chi connectivity index (χ2n) is 4.51. The third-order valence-corrected chi connectivity index (χ3v) is 3.00. The number of ether oxygens (including phenoxy) is 2. The molecule has 3 nitrogen and oxygen atoms in total. The second kappa shape index (κ2) is 6.39. The maximum Gasteiger partial charge on any atom is 0.197 e. The molecular formula is C16H17FO3. The van der Waals surface area contributed by atoms with Crippen LogP contribution in [-0.2, 0) is 0 Å². The Kier molecular flexibility index (Phi) is 4.58. The average molecular weight is 276 g/mol. The molecular weight excluding hydrogens is 259 g/mol. The molecule has 2 aromatic carbocycles. The number of methoxy groups -OCH3 is 1. The molecule has 0 aliphatic rings. The molecule has 0 fully saturated rings. The van der Waals surface area contributed by atoms with Crippen LogP contribution in [0.5, 0.6) is 11.5 Å². The highest BCUT2D eigenvalue weighted by atomic mass is 19.1. The lowest BCUT2D eigenvalue weighted by Gasteiger charge is -2.15. The molecule has 0 aliphatic carbocycles. The van der Waals surface area contributed by atoms with Crippen molar-refractivity contribution in [1.82, 2.24) is 0 Å². The summed E-state index contributed by atoms with van der Waals surface area (Å²) < 4.78 is 24.0. The first-order valence-corrected chi connectivity index (χ1v) is 6.31. The van der Waals surface area contributed by atoms with Gasteiger partial charge in [-0.25, -0.2) is 4.39 Å². The molecule has 106 valence electrons. The fourth-order valence-corrected chi connectivity index (χ4v) is 1.84. The summed E-state index contributed by atoms with van der Waals surface area (Å²) in [5.74, 6) is -0.192. The van der Waals surface area contributed by atoms with Crippen LogP contribution in [0.4, 0.5) is 4.39 Å². The van der Waals surface area contributed by atoms with Crippen LogP contribution in [0, 0.1) is 12.7 Å². The SMILES string of the molecule is COc1cccc(F)c1OCC(O)c1ccc(C)cc1. The zero-order chi connectivity index (χ0) is 14.5. The zero-order valence-corrected chi connectivity index (χ0v) is 11.5. The Morgan fingerprint density at radius 3 is 2.50 bits per heavy atom. The van der Waals surface area contributed by atoms with E-state index < -0.39 is 11.9 Å². The monoisotopic (exact) mass is 276 g/mol. The highest BCUT2D eigenvalue weighted by Crippen LogP contribution is 2.30. The van der Waals surface area contributed by atoms with Gasteiger partial charge in [0, 0.05) is 0 Å². The molecule has 2 aromatic rings. The summed E-state index contributed by atoms with van der Waals surface area (Å²) in [6.45, 7) is 1.93. The number of rotatable bonds is 5. The Morgan fingerprint density at radius 1 is 1.15 bits per heavy atom. The quantitative estimate of drug-likeness (QED) is 0.911. The highest BCUT2D eigenvalue weighted by molar-refractivity contribution is 5.40. The summed E-state index contributed by atoms with van der Waals surface area (Å²) in [6.07, 6.45) is -0.820. The summed E-state index contributed by atoms with van der Waals surface area (Å²) >= 11 is 0. The minimum absolute atomic E-state index is 0.0150. The number of para-hydroxylation sites is 1. The Hall–Kier alpha value is -2.07.